The molecule has 0 saturated heterocycles. The van der Waals surface area contributed by atoms with Crippen molar-refractivity contribution < 1.29 is 26.9 Å². The van der Waals surface area contributed by atoms with Crippen molar-refractivity contribution >= 4 is 29.1 Å². The molecule has 3 aromatic carbocycles. The van der Waals surface area contributed by atoms with E-state index in [1.54, 1.807) is 0 Å². The molecule has 0 radical (unpaired) electrons. The summed E-state index contributed by atoms with van der Waals surface area (Å²) in [7, 11) is -1.91. The summed E-state index contributed by atoms with van der Waals surface area (Å²) in [5.41, 5.74) is 0. The van der Waals surface area contributed by atoms with Crippen LogP contribution in [0.25, 0.3) is 0 Å². The van der Waals surface area contributed by atoms with E-state index in [0.717, 1.165) is 6.16 Å². The fourth-order valence-electron chi connectivity index (χ4n) is 3.24. The maximum absolute atomic E-state index is 10.8. The van der Waals surface area contributed by atoms with Gasteiger partial charge in [-0.1, -0.05) is 60.5 Å². The topological polar surface area (TPSA) is 37.3 Å². The maximum Gasteiger partial charge on any atom is 0.381 e. The minimum Gasteiger partial charge on any atom is -1.00 e. The van der Waals surface area contributed by atoms with Crippen molar-refractivity contribution in [2.45, 2.75) is 6.42 Å². The Balaban J connectivity index is 0.00000261. The van der Waals surface area contributed by atoms with Gasteiger partial charge in [-0.3, -0.25) is 0 Å². The molecule has 27 heavy (non-hydrogen) atoms. The molecular weight excluding hydrogens is 419 g/mol. The fourth-order valence-corrected chi connectivity index (χ4v) is 7.40. The largest absolute Gasteiger partial charge is 1.00 e. The second-order valence-electron chi connectivity index (χ2n) is 5.90. The Morgan fingerprint density at radius 2 is 1.11 bits per heavy atom. The van der Waals surface area contributed by atoms with Gasteiger partial charge in [0.15, 0.2) is 0 Å². The van der Waals surface area contributed by atoms with Crippen LogP contribution in [0.5, 0.6) is 0 Å². The number of hydrogen-bond donors (Lipinski definition) is 1. The zero-order valence-electron chi connectivity index (χ0n) is 14.8. The molecular formula is C23H20BrO2P. The highest BCUT2D eigenvalue weighted by Gasteiger charge is 2.44. The number of carboxylic acid groups (broad SMARTS) is 1. The summed E-state index contributed by atoms with van der Waals surface area (Å²) in [6.07, 6.45) is 1.35. The summed E-state index contributed by atoms with van der Waals surface area (Å²) in [6, 6.07) is 31.6. The smallest absolute Gasteiger partial charge is 0.381 e. The number of aliphatic carboxylic acids is 1. The van der Waals surface area contributed by atoms with Crippen LogP contribution in [0.1, 0.15) is 6.42 Å². The molecule has 0 unspecified atom stereocenters. The first kappa shape index (κ1) is 20.9. The molecule has 1 N–H and O–H groups in total. The van der Waals surface area contributed by atoms with Crippen LogP contribution >= 0.6 is 7.26 Å². The Kier molecular flexibility index (Phi) is 7.80. The van der Waals surface area contributed by atoms with Gasteiger partial charge in [0.05, 0.1) is 6.16 Å². The summed E-state index contributed by atoms with van der Waals surface area (Å²) in [5, 5.41) is 12.7. The van der Waals surface area contributed by atoms with Gasteiger partial charge in [-0.05, 0) is 36.4 Å². The van der Waals surface area contributed by atoms with Crippen molar-refractivity contribution in [3.8, 4) is 11.8 Å². The molecule has 0 heterocycles. The van der Waals surface area contributed by atoms with E-state index in [1.807, 2.05) is 18.2 Å². The lowest BCUT2D eigenvalue weighted by Crippen LogP contribution is -3.00. The van der Waals surface area contributed by atoms with E-state index in [9.17, 15) is 4.79 Å². The predicted octanol–water partition coefficient (Wildman–Crippen LogP) is 0.463. The first-order chi connectivity index (χ1) is 12.7. The molecule has 2 nitrogen and oxygen atoms in total. The molecule has 0 fully saturated rings. The van der Waals surface area contributed by atoms with Crippen LogP contribution in [0.2, 0.25) is 0 Å². The van der Waals surface area contributed by atoms with E-state index in [-0.39, 0.29) is 17.0 Å². The van der Waals surface area contributed by atoms with Crippen molar-refractivity contribution in [2.24, 2.45) is 0 Å². The number of rotatable bonds is 5. The van der Waals surface area contributed by atoms with Crippen LogP contribution < -0.4 is 32.9 Å². The third-order valence-corrected chi connectivity index (χ3v) is 8.79. The molecule has 0 saturated carbocycles. The third kappa shape index (κ3) is 4.86. The SMILES string of the molecule is O=C(O)C#CCC[P+](c1ccccc1)(c1ccccc1)c1ccccc1.[Br-]. The Labute approximate surface area is 171 Å². The zero-order valence-corrected chi connectivity index (χ0v) is 17.2. The highest BCUT2D eigenvalue weighted by molar-refractivity contribution is 7.95. The van der Waals surface area contributed by atoms with Gasteiger partial charge in [-0.25, -0.2) is 4.79 Å². The highest BCUT2D eigenvalue weighted by atomic mass is 79.9. The normalized spacial score (nSPS) is 10.2. The molecule has 0 aromatic heterocycles. The zero-order chi connectivity index (χ0) is 18.2. The lowest BCUT2D eigenvalue weighted by molar-refractivity contribution is -0.130. The minimum absolute atomic E-state index is 0. The molecule has 0 aliphatic carbocycles. The van der Waals surface area contributed by atoms with Crippen molar-refractivity contribution in [3.63, 3.8) is 0 Å². The van der Waals surface area contributed by atoms with Crippen LogP contribution in [0.4, 0.5) is 0 Å². The predicted molar refractivity (Wildman–Crippen MR) is 110 cm³/mol. The number of benzene rings is 3. The van der Waals surface area contributed by atoms with Gasteiger partial charge in [0, 0.05) is 12.3 Å². The Hall–Kier alpha value is -2.40. The second-order valence-corrected chi connectivity index (χ2v) is 9.51. The first-order valence-electron chi connectivity index (χ1n) is 8.50. The molecule has 0 amide bonds. The number of halogens is 1. The summed E-state index contributed by atoms with van der Waals surface area (Å²) >= 11 is 0. The molecule has 3 rings (SSSR count). The molecule has 4 heteroatoms. The summed E-state index contributed by atoms with van der Waals surface area (Å²) in [4.78, 5) is 10.8. The van der Waals surface area contributed by atoms with E-state index in [0.29, 0.717) is 6.42 Å². The second kappa shape index (κ2) is 10.1. The van der Waals surface area contributed by atoms with E-state index >= 15 is 0 Å². The van der Waals surface area contributed by atoms with Crippen LogP contribution in [0, 0.1) is 11.8 Å². The number of carboxylic acids is 1. The van der Waals surface area contributed by atoms with Crippen molar-refractivity contribution in [2.75, 3.05) is 6.16 Å². The third-order valence-electron chi connectivity index (χ3n) is 4.36. The quantitative estimate of drug-likeness (QED) is 0.464. The molecule has 136 valence electrons. The lowest BCUT2D eigenvalue weighted by atomic mass is 10.3. The van der Waals surface area contributed by atoms with Gasteiger partial charge < -0.3 is 22.1 Å². The molecule has 3 aromatic rings. The van der Waals surface area contributed by atoms with Gasteiger partial charge in [0.25, 0.3) is 0 Å². The molecule has 0 atom stereocenters. The molecule has 0 aliphatic rings. The molecule has 0 spiro atoms. The molecule has 0 aliphatic heterocycles. The van der Waals surface area contributed by atoms with E-state index in [1.165, 1.54) is 15.9 Å². The average molecular weight is 439 g/mol. The number of carbonyl (C=O) groups is 1. The van der Waals surface area contributed by atoms with Gasteiger partial charge in [-0.2, -0.15) is 0 Å². The Morgan fingerprint density at radius 3 is 1.44 bits per heavy atom. The van der Waals surface area contributed by atoms with Crippen LogP contribution in [0.3, 0.4) is 0 Å². The summed E-state index contributed by atoms with van der Waals surface area (Å²) < 4.78 is 0. The van der Waals surface area contributed by atoms with Crippen LogP contribution in [0.15, 0.2) is 91.0 Å². The summed E-state index contributed by atoms with van der Waals surface area (Å²) in [6.45, 7) is 0. The monoisotopic (exact) mass is 438 g/mol. The van der Waals surface area contributed by atoms with Crippen molar-refractivity contribution in [1.29, 1.82) is 0 Å². The van der Waals surface area contributed by atoms with E-state index < -0.39 is 13.2 Å². The van der Waals surface area contributed by atoms with Gasteiger partial charge in [0.1, 0.15) is 23.2 Å². The fraction of sp³-hybridized carbons (Fsp3) is 0.0870. The summed E-state index contributed by atoms with van der Waals surface area (Å²) in [5.74, 6) is 4.01. The molecule has 0 bridgehead atoms. The van der Waals surface area contributed by atoms with E-state index in [4.69, 9.17) is 5.11 Å². The highest BCUT2D eigenvalue weighted by Crippen LogP contribution is 2.55. The average Bonchev–Trinajstić information content (AvgIpc) is 2.70. The van der Waals surface area contributed by atoms with E-state index in [2.05, 4.69) is 84.6 Å². The Bertz CT molecular complexity index is 819. The van der Waals surface area contributed by atoms with Gasteiger partial charge in [-0.15, -0.1) is 0 Å². The van der Waals surface area contributed by atoms with Crippen LogP contribution in [-0.4, -0.2) is 17.2 Å². The lowest BCUT2D eigenvalue weighted by Gasteiger charge is -2.27. The number of hydrogen-bond acceptors (Lipinski definition) is 1. The van der Waals surface area contributed by atoms with Gasteiger partial charge >= 0.3 is 5.97 Å². The van der Waals surface area contributed by atoms with Crippen molar-refractivity contribution in [3.05, 3.63) is 91.0 Å². The Morgan fingerprint density at radius 1 is 0.741 bits per heavy atom. The maximum atomic E-state index is 10.8. The minimum atomic E-state index is -1.91. The van der Waals surface area contributed by atoms with Crippen molar-refractivity contribution in [1.82, 2.24) is 0 Å². The van der Waals surface area contributed by atoms with Gasteiger partial charge in [0.2, 0.25) is 0 Å². The first-order valence-corrected chi connectivity index (χ1v) is 10.5. The van der Waals surface area contributed by atoms with Crippen LogP contribution in [-0.2, 0) is 4.79 Å². The standard InChI is InChI=1S/C23H19O2P.BrH/c24-23(25)18-10-11-19-26(20-12-4-1-5-13-20,21-14-6-2-7-15-21)22-16-8-3-9-17-22;/h1-9,12-17H,11,19H2;1H.